The van der Waals surface area contributed by atoms with Gasteiger partial charge >= 0.3 is 5.97 Å². The van der Waals surface area contributed by atoms with Crippen molar-refractivity contribution in [3.63, 3.8) is 0 Å². The van der Waals surface area contributed by atoms with Crippen molar-refractivity contribution < 1.29 is 19.1 Å². The molecule has 0 aliphatic heterocycles. The van der Waals surface area contributed by atoms with Gasteiger partial charge in [0.25, 0.3) is 0 Å². The van der Waals surface area contributed by atoms with Gasteiger partial charge in [0.2, 0.25) is 5.91 Å². The van der Waals surface area contributed by atoms with Crippen molar-refractivity contribution in [2.45, 2.75) is 96.8 Å². The summed E-state index contributed by atoms with van der Waals surface area (Å²) in [5.41, 5.74) is 3.54. The second-order valence-corrected chi connectivity index (χ2v) is 9.97. The quantitative estimate of drug-likeness (QED) is 0.0634. The maximum Gasteiger partial charge on any atom is 0.345 e. The lowest BCUT2D eigenvalue weighted by atomic mass is 10.0. The number of benzene rings is 2. The standard InChI is InChI=1S/C31H43ClN2O4/c1-3-4-5-6-7-8-9-10-11-12-13-14-15-20-30(35)34-33-24-25-21-22-28(29(23-25)37-2)38-31(36)26-18-16-17-19-27(26)32/h16-19,21-24H,3-15,20H2,1-2H3,(H,34,35). The molecule has 2 rings (SSSR count). The van der Waals surface area contributed by atoms with Gasteiger partial charge in [0, 0.05) is 6.42 Å². The van der Waals surface area contributed by atoms with E-state index < -0.39 is 5.97 Å². The molecular formula is C31H43ClN2O4. The predicted molar refractivity (Wildman–Crippen MR) is 155 cm³/mol. The summed E-state index contributed by atoms with van der Waals surface area (Å²) < 4.78 is 10.8. The molecule has 1 N–H and O–H groups in total. The SMILES string of the molecule is CCCCCCCCCCCCCCCC(=O)NN=Cc1ccc(OC(=O)c2ccccc2Cl)c(OC)c1. The number of amides is 1. The first-order valence-electron chi connectivity index (χ1n) is 14.0. The summed E-state index contributed by atoms with van der Waals surface area (Å²) >= 11 is 6.07. The highest BCUT2D eigenvalue weighted by molar-refractivity contribution is 6.33. The molecule has 0 radical (unpaired) electrons. The third-order valence-electron chi connectivity index (χ3n) is 6.39. The molecule has 0 fully saturated rings. The third kappa shape index (κ3) is 12.6. The van der Waals surface area contributed by atoms with Crippen molar-refractivity contribution >= 4 is 29.7 Å². The minimum atomic E-state index is -0.573. The molecule has 0 atom stereocenters. The summed E-state index contributed by atoms with van der Waals surface area (Å²) in [5, 5.41) is 4.36. The lowest BCUT2D eigenvalue weighted by molar-refractivity contribution is -0.121. The van der Waals surface area contributed by atoms with Gasteiger partial charge in [-0.25, -0.2) is 10.2 Å². The van der Waals surface area contributed by atoms with E-state index in [0.29, 0.717) is 22.8 Å². The fraction of sp³-hybridized carbons (Fsp3) is 0.516. The summed E-state index contributed by atoms with van der Waals surface area (Å²) in [6, 6.07) is 11.7. The zero-order valence-electron chi connectivity index (χ0n) is 23.0. The number of hydrogen-bond acceptors (Lipinski definition) is 5. The molecule has 0 bridgehead atoms. The Morgan fingerprint density at radius 2 is 1.45 bits per heavy atom. The molecule has 6 nitrogen and oxygen atoms in total. The van der Waals surface area contributed by atoms with E-state index in [1.807, 2.05) is 0 Å². The van der Waals surface area contributed by atoms with Crippen molar-refractivity contribution in [3.05, 3.63) is 58.6 Å². The van der Waals surface area contributed by atoms with Crippen LogP contribution >= 0.6 is 11.6 Å². The van der Waals surface area contributed by atoms with Crippen LogP contribution in [0.15, 0.2) is 47.6 Å². The minimum absolute atomic E-state index is 0.0958. The average molecular weight is 543 g/mol. The number of rotatable bonds is 19. The van der Waals surface area contributed by atoms with Crippen LogP contribution < -0.4 is 14.9 Å². The molecular weight excluding hydrogens is 500 g/mol. The summed E-state index contributed by atoms with van der Waals surface area (Å²) in [5.74, 6) is -0.0361. The summed E-state index contributed by atoms with van der Waals surface area (Å²) in [6.45, 7) is 2.26. The molecule has 2 aromatic rings. The van der Waals surface area contributed by atoms with Crippen LogP contribution in [0.2, 0.25) is 5.02 Å². The number of halogens is 1. The summed E-state index contributed by atoms with van der Waals surface area (Å²) in [7, 11) is 1.49. The Morgan fingerprint density at radius 3 is 2.05 bits per heavy atom. The van der Waals surface area contributed by atoms with Crippen molar-refractivity contribution in [3.8, 4) is 11.5 Å². The predicted octanol–water partition coefficient (Wildman–Crippen LogP) is 8.50. The van der Waals surface area contributed by atoms with Crippen LogP contribution in [-0.2, 0) is 4.79 Å². The van der Waals surface area contributed by atoms with Crippen LogP contribution in [0.25, 0.3) is 0 Å². The largest absolute Gasteiger partial charge is 0.493 e. The van der Waals surface area contributed by atoms with Crippen molar-refractivity contribution in [1.29, 1.82) is 0 Å². The first-order valence-corrected chi connectivity index (χ1v) is 14.4. The molecule has 1 amide bonds. The molecule has 0 aliphatic carbocycles. The highest BCUT2D eigenvalue weighted by atomic mass is 35.5. The van der Waals surface area contributed by atoms with E-state index in [4.69, 9.17) is 21.1 Å². The molecule has 38 heavy (non-hydrogen) atoms. The zero-order chi connectivity index (χ0) is 27.4. The van der Waals surface area contributed by atoms with Crippen LogP contribution in [0.3, 0.4) is 0 Å². The van der Waals surface area contributed by atoms with Gasteiger partial charge in [0.1, 0.15) is 0 Å². The first-order chi connectivity index (χ1) is 18.5. The number of carbonyl (C=O) groups excluding carboxylic acids is 2. The van der Waals surface area contributed by atoms with E-state index in [1.54, 1.807) is 42.5 Å². The Kier molecular flexibility index (Phi) is 15.9. The monoisotopic (exact) mass is 542 g/mol. The average Bonchev–Trinajstić information content (AvgIpc) is 2.92. The van der Waals surface area contributed by atoms with Crippen LogP contribution in [0.1, 0.15) is 113 Å². The molecule has 0 saturated carbocycles. The third-order valence-corrected chi connectivity index (χ3v) is 6.72. The second-order valence-electron chi connectivity index (χ2n) is 9.57. The highest BCUT2D eigenvalue weighted by Crippen LogP contribution is 2.29. The molecule has 0 spiro atoms. The van der Waals surface area contributed by atoms with Crippen molar-refractivity contribution in [1.82, 2.24) is 5.43 Å². The number of methoxy groups -OCH3 is 1. The van der Waals surface area contributed by atoms with Gasteiger partial charge in [-0.15, -0.1) is 0 Å². The van der Waals surface area contributed by atoms with E-state index in [0.717, 1.165) is 12.8 Å². The van der Waals surface area contributed by atoms with E-state index in [-0.39, 0.29) is 17.2 Å². The van der Waals surface area contributed by atoms with Gasteiger partial charge in [0.15, 0.2) is 11.5 Å². The topological polar surface area (TPSA) is 77.0 Å². The van der Waals surface area contributed by atoms with Crippen molar-refractivity contribution in [2.24, 2.45) is 5.10 Å². The lowest BCUT2D eigenvalue weighted by Crippen LogP contribution is -2.16. The Balaban J connectivity index is 1.61. The Labute approximate surface area is 233 Å². The summed E-state index contributed by atoms with van der Waals surface area (Å²) in [4.78, 5) is 24.5. The number of ether oxygens (including phenoxy) is 2. The Bertz CT molecular complexity index is 1010. The Hall–Kier alpha value is -2.86. The summed E-state index contributed by atoms with van der Waals surface area (Å²) in [6.07, 6.45) is 18.6. The van der Waals surface area contributed by atoms with Crippen molar-refractivity contribution in [2.75, 3.05) is 7.11 Å². The van der Waals surface area contributed by atoms with Crippen LogP contribution in [0.5, 0.6) is 11.5 Å². The number of nitrogens with one attached hydrogen (secondary N) is 1. The molecule has 2 aromatic carbocycles. The number of nitrogens with zero attached hydrogens (tertiary/aromatic N) is 1. The molecule has 0 unspecified atom stereocenters. The lowest BCUT2D eigenvalue weighted by Gasteiger charge is -2.10. The van der Waals surface area contributed by atoms with E-state index in [9.17, 15) is 9.59 Å². The normalized spacial score (nSPS) is 11.0. The fourth-order valence-electron chi connectivity index (χ4n) is 4.17. The number of carbonyl (C=O) groups is 2. The maximum atomic E-state index is 12.4. The first kappa shape index (κ1) is 31.4. The van der Waals surface area contributed by atoms with Gasteiger partial charge in [0.05, 0.1) is 23.9 Å². The van der Waals surface area contributed by atoms with E-state index >= 15 is 0 Å². The second kappa shape index (κ2) is 19.2. The molecule has 208 valence electrons. The van der Waals surface area contributed by atoms with Gasteiger partial charge < -0.3 is 9.47 Å². The molecule has 0 heterocycles. The van der Waals surface area contributed by atoms with E-state index in [2.05, 4.69) is 17.5 Å². The fourth-order valence-corrected chi connectivity index (χ4v) is 4.38. The number of hydrazone groups is 1. The van der Waals surface area contributed by atoms with E-state index in [1.165, 1.54) is 84.0 Å². The number of esters is 1. The number of unbranched alkanes of at least 4 members (excludes halogenated alkanes) is 12. The Morgan fingerprint density at radius 1 is 0.842 bits per heavy atom. The highest BCUT2D eigenvalue weighted by Gasteiger charge is 2.15. The zero-order valence-corrected chi connectivity index (χ0v) is 23.7. The molecule has 0 aliphatic rings. The molecule has 0 aromatic heterocycles. The smallest absolute Gasteiger partial charge is 0.345 e. The molecule has 0 saturated heterocycles. The maximum absolute atomic E-state index is 12.4. The minimum Gasteiger partial charge on any atom is -0.493 e. The van der Waals surface area contributed by atoms with Crippen LogP contribution in [-0.4, -0.2) is 25.2 Å². The van der Waals surface area contributed by atoms with Crippen LogP contribution in [0, 0.1) is 0 Å². The van der Waals surface area contributed by atoms with Gasteiger partial charge in [-0.05, 0) is 42.3 Å². The van der Waals surface area contributed by atoms with Gasteiger partial charge in [-0.1, -0.05) is 108 Å². The van der Waals surface area contributed by atoms with Gasteiger partial charge in [-0.2, -0.15) is 5.10 Å². The molecule has 7 heteroatoms. The number of hydrogen-bond donors (Lipinski definition) is 1. The van der Waals surface area contributed by atoms with Gasteiger partial charge in [-0.3, -0.25) is 4.79 Å². The van der Waals surface area contributed by atoms with Crippen LogP contribution in [0.4, 0.5) is 0 Å².